The SMILES string of the molecule is Cc1cc2c(O)c(c1)/C=N/OCCO/N=C/c1cc(C)cc(c1O)C=NCCCN=C2. The molecule has 8 nitrogen and oxygen atoms in total. The van der Waals surface area contributed by atoms with Crippen molar-refractivity contribution < 1.29 is 19.9 Å². The summed E-state index contributed by atoms with van der Waals surface area (Å²) >= 11 is 0. The van der Waals surface area contributed by atoms with Gasteiger partial charge in [0.15, 0.2) is 13.2 Å². The fourth-order valence-corrected chi connectivity index (χ4v) is 3.01. The summed E-state index contributed by atoms with van der Waals surface area (Å²) in [4.78, 5) is 19.1. The first kappa shape index (κ1) is 22.0. The monoisotopic (exact) mass is 422 g/mol. The summed E-state index contributed by atoms with van der Waals surface area (Å²) in [6.45, 7) is 5.34. The lowest BCUT2D eigenvalue weighted by Gasteiger charge is -2.05. The third kappa shape index (κ3) is 6.40. The molecular weight excluding hydrogens is 396 g/mol. The maximum Gasteiger partial charge on any atom is 0.153 e. The Morgan fingerprint density at radius 2 is 1.03 bits per heavy atom. The summed E-state index contributed by atoms with van der Waals surface area (Å²) in [6, 6.07) is 7.34. The van der Waals surface area contributed by atoms with Crippen LogP contribution in [0.2, 0.25) is 0 Å². The number of phenolic OH excluding ortho intramolecular Hbond substituents is 2. The van der Waals surface area contributed by atoms with Gasteiger partial charge in [-0.25, -0.2) is 0 Å². The molecule has 1 aliphatic heterocycles. The second-order valence-corrected chi connectivity index (χ2v) is 7.14. The molecule has 0 spiro atoms. The van der Waals surface area contributed by atoms with E-state index in [4.69, 9.17) is 9.68 Å². The molecule has 0 saturated heterocycles. The number of oxime groups is 2. The quantitative estimate of drug-likeness (QED) is 0.678. The standard InChI is InChI=1S/C23H26N4O4/c1-16-8-18-12-24-4-3-5-25-13-19-9-17(2)11-21(23(19)29)15-27-31-7-6-30-26-14-20(10-16)22(18)28/h8-15,28-29H,3-7H2,1-2H3/b24-12?,25-13?,26-14+,27-15+. The number of fused-ring (bicyclic) bond motifs is 4. The highest BCUT2D eigenvalue weighted by atomic mass is 16.7. The van der Waals surface area contributed by atoms with E-state index in [1.165, 1.54) is 12.4 Å². The Labute approximate surface area is 181 Å². The summed E-state index contributed by atoms with van der Waals surface area (Å²) in [5.74, 6) is 0.188. The lowest BCUT2D eigenvalue weighted by atomic mass is 10.1. The maximum absolute atomic E-state index is 10.5. The number of rotatable bonds is 0. The van der Waals surface area contributed by atoms with Crippen LogP contribution in [0.15, 0.2) is 44.6 Å². The lowest BCUT2D eigenvalue weighted by Crippen LogP contribution is -1.99. The van der Waals surface area contributed by atoms with Crippen LogP contribution in [0.1, 0.15) is 39.8 Å². The molecule has 0 radical (unpaired) electrons. The van der Waals surface area contributed by atoms with E-state index in [0.717, 1.165) is 17.5 Å². The molecule has 0 aromatic heterocycles. The van der Waals surface area contributed by atoms with E-state index in [-0.39, 0.29) is 24.7 Å². The van der Waals surface area contributed by atoms with Gasteiger partial charge in [0.25, 0.3) is 0 Å². The number of nitrogens with zero attached hydrogens (tertiary/aromatic N) is 4. The molecule has 2 aromatic carbocycles. The van der Waals surface area contributed by atoms with Crippen LogP contribution in [-0.4, -0.2) is 61.4 Å². The summed E-state index contributed by atoms with van der Waals surface area (Å²) < 4.78 is 0. The highest BCUT2D eigenvalue weighted by Gasteiger charge is 2.07. The molecule has 0 atom stereocenters. The van der Waals surface area contributed by atoms with E-state index >= 15 is 0 Å². The first-order chi connectivity index (χ1) is 15.0. The Morgan fingerprint density at radius 3 is 1.45 bits per heavy atom. The van der Waals surface area contributed by atoms with Crippen LogP contribution in [0.25, 0.3) is 0 Å². The zero-order valence-corrected chi connectivity index (χ0v) is 17.7. The molecule has 0 aliphatic carbocycles. The van der Waals surface area contributed by atoms with E-state index < -0.39 is 0 Å². The highest BCUT2D eigenvalue weighted by molar-refractivity contribution is 5.93. The van der Waals surface area contributed by atoms with Gasteiger partial charge >= 0.3 is 0 Å². The van der Waals surface area contributed by atoms with Gasteiger partial charge in [-0.1, -0.05) is 10.3 Å². The van der Waals surface area contributed by atoms with Crippen LogP contribution < -0.4 is 0 Å². The predicted octanol–water partition coefficient (Wildman–Crippen LogP) is 3.36. The van der Waals surface area contributed by atoms with Crippen molar-refractivity contribution in [2.24, 2.45) is 20.3 Å². The van der Waals surface area contributed by atoms with Gasteiger partial charge in [-0.15, -0.1) is 0 Å². The lowest BCUT2D eigenvalue weighted by molar-refractivity contribution is 0.0553. The molecule has 3 rings (SSSR count). The molecule has 0 unspecified atom stereocenters. The third-order valence-electron chi connectivity index (χ3n) is 4.46. The fraction of sp³-hybridized carbons (Fsp3) is 0.304. The molecule has 2 N–H and O–H groups in total. The Balaban J connectivity index is 1.80. The van der Waals surface area contributed by atoms with Gasteiger partial charge in [0, 0.05) is 47.8 Å². The Morgan fingerprint density at radius 1 is 0.645 bits per heavy atom. The molecule has 4 bridgehead atoms. The van der Waals surface area contributed by atoms with E-state index in [1.54, 1.807) is 12.4 Å². The van der Waals surface area contributed by atoms with Crippen LogP contribution >= 0.6 is 0 Å². The van der Waals surface area contributed by atoms with E-state index in [0.29, 0.717) is 35.3 Å². The first-order valence-corrected chi connectivity index (χ1v) is 10.0. The van der Waals surface area contributed by atoms with Crippen molar-refractivity contribution in [3.8, 4) is 11.5 Å². The van der Waals surface area contributed by atoms with Crippen LogP contribution in [0.3, 0.4) is 0 Å². The predicted molar refractivity (Wildman–Crippen MR) is 122 cm³/mol. The maximum atomic E-state index is 10.5. The van der Waals surface area contributed by atoms with Crippen LogP contribution in [-0.2, 0) is 9.68 Å². The third-order valence-corrected chi connectivity index (χ3v) is 4.46. The van der Waals surface area contributed by atoms with Gasteiger partial charge in [0.05, 0.1) is 12.4 Å². The zero-order chi connectivity index (χ0) is 22.1. The minimum atomic E-state index is 0.0941. The summed E-state index contributed by atoms with van der Waals surface area (Å²) in [5.41, 5.74) is 4.26. The number of benzene rings is 2. The average molecular weight is 422 g/mol. The number of aryl methyl sites for hydroxylation is 2. The molecule has 162 valence electrons. The van der Waals surface area contributed by atoms with E-state index in [2.05, 4.69) is 20.3 Å². The zero-order valence-electron chi connectivity index (χ0n) is 17.7. The number of hydrogen-bond donors (Lipinski definition) is 2. The number of aliphatic imine (C=N–C) groups is 2. The number of hydrogen-bond acceptors (Lipinski definition) is 8. The van der Waals surface area contributed by atoms with Gasteiger partial charge in [-0.05, 0) is 55.7 Å². The fourth-order valence-electron chi connectivity index (χ4n) is 3.01. The molecule has 8 heteroatoms. The normalized spacial score (nSPS) is 17.1. The van der Waals surface area contributed by atoms with Crippen LogP contribution in [0.4, 0.5) is 0 Å². The van der Waals surface area contributed by atoms with E-state index in [9.17, 15) is 10.2 Å². The second-order valence-electron chi connectivity index (χ2n) is 7.14. The number of phenols is 2. The highest BCUT2D eigenvalue weighted by Crippen LogP contribution is 2.23. The summed E-state index contributed by atoms with van der Waals surface area (Å²) in [5, 5.41) is 28.7. The Hall–Kier alpha value is -3.68. The molecule has 0 fully saturated rings. The van der Waals surface area contributed by atoms with E-state index in [1.807, 2.05) is 38.1 Å². The van der Waals surface area contributed by atoms with Crippen molar-refractivity contribution in [1.29, 1.82) is 0 Å². The smallest absolute Gasteiger partial charge is 0.153 e. The first-order valence-electron chi connectivity index (χ1n) is 10.0. The summed E-state index contributed by atoms with van der Waals surface area (Å²) in [7, 11) is 0. The Bertz CT molecular complexity index is 947. The van der Waals surface area contributed by atoms with Crippen molar-refractivity contribution >= 4 is 24.9 Å². The Kier molecular flexibility index (Phi) is 7.75. The molecule has 31 heavy (non-hydrogen) atoms. The van der Waals surface area contributed by atoms with Crippen molar-refractivity contribution in [2.75, 3.05) is 26.3 Å². The van der Waals surface area contributed by atoms with Crippen LogP contribution in [0, 0.1) is 13.8 Å². The van der Waals surface area contributed by atoms with Crippen molar-refractivity contribution in [2.45, 2.75) is 20.3 Å². The van der Waals surface area contributed by atoms with Crippen LogP contribution in [0.5, 0.6) is 11.5 Å². The second kappa shape index (κ2) is 10.9. The van der Waals surface area contributed by atoms with Gasteiger partial charge < -0.3 is 19.9 Å². The van der Waals surface area contributed by atoms with Gasteiger partial charge in [0.1, 0.15) is 11.5 Å². The largest absolute Gasteiger partial charge is 0.507 e. The average Bonchev–Trinajstić information content (AvgIpc) is 2.74. The molecule has 2 aromatic rings. The minimum absolute atomic E-state index is 0.0941. The van der Waals surface area contributed by atoms with Crippen molar-refractivity contribution in [3.63, 3.8) is 0 Å². The molecule has 0 saturated carbocycles. The van der Waals surface area contributed by atoms with Crippen molar-refractivity contribution in [1.82, 2.24) is 0 Å². The number of aromatic hydroxyl groups is 2. The molecule has 1 heterocycles. The van der Waals surface area contributed by atoms with Gasteiger partial charge in [-0.3, -0.25) is 9.98 Å². The topological polar surface area (TPSA) is 108 Å². The van der Waals surface area contributed by atoms with Crippen molar-refractivity contribution in [3.05, 3.63) is 57.6 Å². The molecule has 1 aliphatic rings. The summed E-state index contributed by atoms with van der Waals surface area (Å²) in [6.07, 6.45) is 6.93. The minimum Gasteiger partial charge on any atom is -0.507 e. The van der Waals surface area contributed by atoms with Gasteiger partial charge in [0.2, 0.25) is 0 Å². The van der Waals surface area contributed by atoms with Gasteiger partial charge in [-0.2, -0.15) is 0 Å². The molecular formula is C23H26N4O4. The molecule has 0 amide bonds.